The van der Waals surface area contributed by atoms with Crippen molar-refractivity contribution in [3.8, 4) is 0 Å². The number of nitrogen functional groups attached to an aromatic ring is 1. The number of aromatic nitrogens is 3. The summed E-state index contributed by atoms with van der Waals surface area (Å²) >= 11 is 0. The number of aryl methyl sites for hydroxylation is 1. The highest BCUT2D eigenvalue weighted by molar-refractivity contribution is 5.93. The Labute approximate surface area is 110 Å². The second-order valence-electron chi connectivity index (χ2n) is 4.21. The summed E-state index contributed by atoms with van der Waals surface area (Å²) in [4.78, 5) is 15.4. The van der Waals surface area contributed by atoms with E-state index in [2.05, 4.69) is 15.4 Å². The summed E-state index contributed by atoms with van der Waals surface area (Å²) in [7, 11) is 0. The maximum absolute atomic E-state index is 11.1. The number of nitrogens with zero attached hydrogens (tertiary/aromatic N) is 3. The van der Waals surface area contributed by atoms with Crippen molar-refractivity contribution in [1.29, 1.82) is 0 Å². The molecule has 0 aliphatic heterocycles. The molecule has 0 saturated carbocycles. The first-order valence-corrected chi connectivity index (χ1v) is 5.85. The molecule has 0 atom stereocenters. The molecule has 0 bridgehead atoms. The molecular weight excluding hydrogens is 244 g/mol. The number of pyridine rings is 1. The van der Waals surface area contributed by atoms with E-state index in [-0.39, 0.29) is 0 Å². The van der Waals surface area contributed by atoms with Gasteiger partial charge in [0.25, 0.3) is 0 Å². The van der Waals surface area contributed by atoms with Crippen LogP contribution in [0.3, 0.4) is 0 Å². The Balaban J connectivity index is 1.97. The van der Waals surface area contributed by atoms with Gasteiger partial charge in [0.05, 0.1) is 18.4 Å². The van der Waals surface area contributed by atoms with E-state index in [0.717, 1.165) is 5.69 Å². The Morgan fingerprint density at radius 3 is 2.89 bits per heavy atom. The van der Waals surface area contributed by atoms with Crippen LogP contribution in [0.15, 0.2) is 24.5 Å². The zero-order chi connectivity index (χ0) is 13.8. The topological polar surface area (TPSA) is 112 Å². The maximum atomic E-state index is 11.1. The van der Waals surface area contributed by atoms with Crippen LogP contribution in [-0.2, 0) is 6.54 Å². The SMILES string of the molecule is Cc1cc(C(N)=O)cc(NCCn2cc(N)cn2)n1. The summed E-state index contributed by atoms with van der Waals surface area (Å²) in [6.07, 6.45) is 3.34. The Morgan fingerprint density at radius 1 is 1.47 bits per heavy atom. The summed E-state index contributed by atoms with van der Waals surface area (Å²) < 4.78 is 1.73. The van der Waals surface area contributed by atoms with Crippen molar-refractivity contribution < 1.29 is 4.79 Å². The lowest BCUT2D eigenvalue weighted by Gasteiger charge is -2.08. The molecule has 0 spiro atoms. The molecule has 2 rings (SSSR count). The van der Waals surface area contributed by atoms with Gasteiger partial charge in [-0.15, -0.1) is 0 Å². The Bertz CT molecular complexity index is 592. The van der Waals surface area contributed by atoms with Gasteiger partial charge < -0.3 is 16.8 Å². The number of nitrogens with two attached hydrogens (primary N) is 2. The third-order valence-electron chi connectivity index (χ3n) is 2.54. The first-order chi connectivity index (χ1) is 9.04. The minimum Gasteiger partial charge on any atom is -0.396 e. The number of nitrogens with one attached hydrogen (secondary N) is 1. The van der Waals surface area contributed by atoms with Gasteiger partial charge in [0.2, 0.25) is 5.91 Å². The molecular formula is C12H16N6O. The maximum Gasteiger partial charge on any atom is 0.248 e. The van der Waals surface area contributed by atoms with Gasteiger partial charge in [-0.2, -0.15) is 5.10 Å². The molecule has 7 nitrogen and oxygen atoms in total. The quantitative estimate of drug-likeness (QED) is 0.719. The first-order valence-electron chi connectivity index (χ1n) is 5.85. The van der Waals surface area contributed by atoms with Crippen molar-refractivity contribution in [3.05, 3.63) is 35.8 Å². The molecule has 2 aromatic rings. The standard InChI is InChI=1S/C12H16N6O/c1-8-4-9(12(14)19)5-11(17-8)15-2-3-18-7-10(13)6-16-18/h4-7H,2-3,13H2,1H3,(H2,14,19)(H,15,17). The van der Waals surface area contributed by atoms with E-state index in [4.69, 9.17) is 11.5 Å². The van der Waals surface area contributed by atoms with Crippen molar-refractivity contribution in [2.45, 2.75) is 13.5 Å². The van der Waals surface area contributed by atoms with Crippen molar-refractivity contribution in [3.63, 3.8) is 0 Å². The Kier molecular flexibility index (Phi) is 3.65. The second-order valence-corrected chi connectivity index (χ2v) is 4.21. The average molecular weight is 260 g/mol. The van der Waals surface area contributed by atoms with Crippen LogP contribution in [0.2, 0.25) is 0 Å². The predicted octanol–water partition coefficient (Wildman–Crippen LogP) is 0.380. The molecule has 19 heavy (non-hydrogen) atoms. The number of anilines is 2. The Morgan fingerprint density at radius 2 is 2.26 bits per heavy atom. The van der Waals surface area contributed by atoms with Gasteiger partial charge in [-0.1, -0.05) is 0 Å². The fraction of sp³-hybridized carbons (Fsp3) is 0.250. The van der Waals surface area contributed by atoms with E-state index in [1.807, 2.05) is 6.92 Å². The molecule has 2 heterocycles. The number of rotatable bonds is 5. The highest BCUT2D eigenvalue weighted by atomic mass is 16.1. The van der Waals surface area contributed by atoms with Gasteiger partial charge in [0, 0.05) is 24.0 Å². The molecule has 0 aromatic carbocycles. The van der Waals surface area contributed by atoms with Crippen LogP contribution in [-0.4, -0.2) is 27.2 Å². The molecule has 5 N–H and O–H groups in total. The molecule has 100 valence electrons. The van der Waals surface area contributed by atoms with Crippen molar-refractivity contribution >= 4 is 17.4 Å². The summed E-state index contributed by atoms with van der Waals surface area (Å²) in [5.41, 5.74) is 12.6. The van der Waals surface area contributed by atoms with Gasteiger partial charge in [0.15, 0.2) is 0 Å². The van der Waals surface area contributed by atoms with Gasteiger partial charge in [-0.3, -0.25) is 9.48 Å². The van der Waals surface area contributed by atoms with E-state index < -0.39 is 5.91 Å². The third-order valence-corrected chi connectivity index (χ3v) is 2.54. The zero-order valence-corrected chi connectivity index (χ0v) is 10.6. The molecule has 0 saturated heterocycles. The average Bonchev–Trinajstić information content (AvgIpc) is 2.74. The van der Waals surface area contributed by atoms with Crippen molar-refractivity contribution in [1.82, 2.24) is 14.8 Å². The number of amides is 1. The van der Waals surface area contributed by atoms with Crippen LogP contribution in [0.4, 0.5) is 11.5 Å². The molecule has 0 aliphatic carbocycles. The van der Waals surface area contributed by atoms with E-state index in [0.29, 0.717) is 30.2 Å². The highest BCUT2D eigenvalue weighted by Gasteiger charge is 2.04. The molecule has 0 unspecified atom stereocenters. The lowest BCUT2D eigenvalue weighted by Crippen LogP contribution is -2.15. The summed E-state index contributed by atoms with van der Waals surface area (Å²) in [5, 5.41) is 7.19. The summed E-state index contributed by atoms with van der Waals surface area (Å²) in [6, 6.07) is 3.29. The lowest BCUT2D eigenvalue weighted by atomic mass is 10.2. The molecule has 2 aromatic heterocycles. The fourth-order valence-electron chi connectivity index (χ4n) is 1.70. The van der Waals surface area contributed by atoms with Crippen LogP contribution in [0.25, 0.3) is 0 Å². The van der Waals surface area contributed by atoms with Crippen LogP contribution < -0.4 is 16.8 Å². The highest BCUT2D eigenvalue weighted by Crippen LogP contribution is 2.09. The largest absolute Gasteiger partial charge is 0.396 e. The number of hydrogen-bond acceptors (Lipinski definition) is 5. The second kappa shape index (κ2) is 5.38. The van der Waals surface area contributed by atoms with Crippen LogP contribution in [0.1, 0.15) is 16.1 Å². The number of carbonyl (C=O) groups is 1. The first kappa shape index (κ1) is 12.9. The van der Waals surface area contributed by atoms with Gasteiger partial charge >= 0.3 is 0 Å². The molecule has 1 amide bonds. The molecule has 0 fully saturated rings. The van der Waals surface area contributed by atoms with E-state index >= 15 is 0 Å². The minimum absolute atomic E-state index is 0.443. The van der Waals surface area contributed by atoms with Crippen LogP contribution in [0, 0.1) is 6.92 Å². The summed E-state index contributed by atoms with van der Waals surface area (Å²) in [5.74, 6) is 0.155. The van der Waals surface area contributed by atoms with E-state index in [1.54, 1.807) is 29.2 Å². The monoisotopic (exact) mass is 260 g/mol. The van der Waals surface area contributed by atoms with Gasteiger partial charge in [-0.05, 0) is 19.1 Å². The number of hydrogen-bond donors (Lipinski definition) is 3. The van der Waals surface area contributed by atoms with Crippen molar-refractivity contribution in [2.75, 3.05) is 17.6 Å². The van der Waals surface area contributed by atoms with Crippen molar-refractivity contribution in [2.24, 2.45) is 5.73 Å². The number of carbonyl (C=O) groups excluding carboxylic acids is 1. The van der Waals surface area contributed by atoms with Gasteiger partial charge in [-0.25, -0.2) is 4.98 Å². The number of primary amides is 1. The van der Waals surface area contributed by atoms with Crippen LogP contribution in [0.5, 0.6) is 0 Å². The normalized spacial score (nSPS) is 10.4. The predicted molar refractivity (Wildman–Crippen MR) is 72.6 cm³/mol. The minimum atomic E-state index is -0.464. The lowest BCUT2D eigenvalue weighted by molar-refractivity contribution is 0.1000. The molecule has 0 radical (unpaired) electrons. The third kappa shape index (κ3) is 3.44. The van der Waals surface area contributed by atoms with Gasteiger partial charge in [0.1, 0.15) is 5.82 Å². The van der Waals surface area contributed by atoms with E-state index in [9.17, 15) is 4.79 Å². The summed E-state index contributed by atoms with van der Waals surface area (Å²) in [6.45, 7) is 3.08. The fourth-order valence-corrected chi connectivity index (χ4v) is 1.70. The zero-order valence-electron chi connectivity index (χ0n) is 10.6. The van der Waals surface area contributed by atoms with E-state index in [1.165, 1.54) is 0 Å². The van der Waals surface area contributed by atoms with Crippen LogP contribution >= 0.6 is 0 Å². The molecule has 7 heteroatoms. The Hall–Kier alpha value is -2.57. The molecule has 0 aliphatic rings. The smallest absolute Gasteiger partial charge is 0.248 e.